The van der Waals surface area contributed by atoms with Crippen molar-refractivity contribution in [3.8, 4) is 0 Å². The van der Waals surface area contributed by atoms with E-state index in [-0.39, 0.29) is 0 Å². The summed E-state index contributed by atoms with van der Waals surface area (Å²) >= 11 is 0. The third kappa shape index (κ3) is 2.08. The molecular formula is C11H15NO. The Morgan fingerprint density at radius 2 is 2.31 bits per heavy atom. The second-order valence-corrected chi connectivity index (χ2v) is 3.41. The van der Waals surface area contributed by atoms with Crippen molar-refractivity contribution in [3.63, 3.8) is 0 Å². The maximum absolute atomic E-state index is 10.7. The van der Waals surface area contributed by atoms with Crippen LogP contribution in [0.15, 0.2) is 24.9 Å². The summed E-state index contributed by atoms with van der Waals surface area (Å²) in [5.41, 5.74) is 1.92. The Kier molecular flexibility index (Phi) is 3.07. The Bertz CT molecular complexity index is 310. The largest absolute Gasteiger partial charge is 0.341 e. The van der Waals surface area contributed by atoms with Gasteiger partial charge >= 0.3 is 0 Å². The zero-order valence-corrected chi connectivity index (χ0v) is 8.16. The molecule has 1 aromatic rings. The number of nitrogens with zero attached hydrogens (tertiary/aromatic N) is 1. The molecule has 0 atom stereocenters. The lowest BCUT2D eigenvalue weighted by atomic mass is 10.1. The lowest BCUT2D eigenvalue weighted by Crippen LogP contribution is -1.97. The zero-order chi connectivity index (χ0) is 9.84. The minimum absolute atomic E-state index is 0.463. The number of rotatable bonds is 4. The number of aldehydes is 1. The molecule has 1 heterocycles. The van der Waals surface area contributed by atoms with Gasteiger partial charge in [-0.15, -0.1) is 6.58 Å². The van der Waals surface area contributed by atoms with E-state index < -0.39 is 0 Å². The highest BCUT2D eigenvalue weighted by Gasteiger charge is 2.06. The molecule has 0 saturated carbocycles. The summed E-state index contributed by atoms with van der Waals surface area (Å²) in [6, 6.07) is 1.93. The Hall–Kier alpha value is -1.31. The molecule has 0 amide bonds. The molecule has 0 aliphatic carbocycles. The minimum Gasteiger partial charge on any atom is -0.341 e. The summed E-state index contributed by atoms with van der Waals surface area (Å²) in [5, 5.41) is 0. The first-order valence-corrected chi connectivity index (χ1v) is 4.45. The van der Waals surface area contributed by atoms with Gasteiger partial charge in [-0.05, 0) is 17.5 Å². The van der Waals surface area contributed by atoms with Crippen molar-refractivity contribution < 1.29 is 4.79 Å². The predicted molar refractivity (Wildman–Crippen MR) is 54.1 cm³/mol. The molecule has 0 N–H and O–H groups in total. The average Bonchev–Trinajstić information content (AvgIpc) is 2.48. The van der Waals surface area contributed by atoms with E-state index in [0.717, 1.165) is 12.0 Å². The molecule has 70 valence electrons. The number of hydrogen-bond acceptors (Lipinski definition) is 1. The van der Waals surface area contributed by atoms with E-state index in [1.54, 1.807) is 6.08 Å². The van der Waals surface area contributed by atoms with E-state index in [9.17, 15) is 4.79 Å². The maximum Gasteiger partial charge on any atom is 0.166 e. The van der Waals surface area contributed by atoms with Crippen LogP contribution in [0.1, 0.15) is 35.8 Å². The summed E-state index contributed by atoms with van der Waals surface area (Å²) in [5.74, 6) is 0.463. The van der Waals surface area contributed by atoms with Crippen LogP contribution in [0.2, 0.25) is 0 Å². The van der Waals surface area contributed by atoms with Crippen LogP contribution in [0.5, 0.6) is 0 Å². The first kappa shape index (κ1) is 9.78. The van der Waals surface area contributed by atoms with Gasteiger partial charge in [-0.3, -0.25) is 4.79 Å². The quantitative estimate of drug-likeness (QED) is 0.512. The molecule has 0 aromatic carbocycles. The van der Waals surface area contributed by atoms with E-state index in [1.807, 2.05) is 16.8 Å². The molecule has 13 heavy (non-hydrogen) atoms. The number of hydrogen-bond donors (Lipinski definition) is 0. The SMILES string of the molecule is C=CCn1cc(C(C)C)cc1C=O. The van der Waals surface area contributed by atoms with E-state index in [4.69, 9.17) is 0 Å². The Morgan fingerprint density at radius 1 is 1.62 bits per heavy atom. The molecular weight excluding hydrogens is 162 g/mol. The summed E-state index contributed by atoms with van der Waals surface area (Å²) in [7, 11) is 0. The number of carbonyl (C=O) groups is 1. The van der Waals surface area contributed by atoms with Crippen LogP contribution in [0.3, 0.4) is 0 Å². The van der Waals surface area contributed by atoms with Crippen LogP contribution in [0.4, 0.5) is 0 Å². The Morgan fingerprint density at radius 3 is 2.77 bits per heavy atom. The van der Waals surface area contributed by atoms with Gasteiger partial charge in [-0.2, -0.15) is 0 Å². The van der Waals surface area contributed by atoms with Gasteiger partial charge < -0.3 is 4.57 Å². The molecule has 1 rings (SSSR count). The summed E-state index contributed by atoms with van der Waals surface area (Å²) < 4.78 is 1.91. The van der Waals surface area contributed by atoms with Gasteiger partial charge in [0, 0.05) is 12.7 Å². The molecule has 0 fully saturated rings. The van der Waals surface area contributed by atoms with Gasteiger partial charge in [0.2, 0.25) is 0 Å². The molecule has 0 aliphatic heterocycles. The molecule has 0 radical (unpaired) electrons. The van der Waals surface area contributed by atoms with Crippen molar-refractivity contribution in [2.45, 2.75) is 26.3 Å². The lowest BCUT2D eigenvalue weighted by molar-refractivity contribution is 0.111. The van der Waals surface area contributed by atoms with Crippen LogP contribution in [0.25, 0.3) is 0 Å². The summed E-state index contributed by atoms with van der Waals surface area (Å²) in [4.78, 5) is 10.7. The van der Waals surface area contributed by atoms with E-state index >= 15 is 0 Å². The standard InChI is InChI=1S/C11H15NO/c1-4-5-12-7-10(9(2)3)6-11(12)8-13/h4,6-9H,1,5H2,2-3H3. The third-order valence-corrected chi connectivity index (χ3v) is 2.06. The van der Waals surface area contributed by atoms with Crippen LogP contribution >= 0.6 is 0 Å². The van der Waals surface area contributed by atoms with Gasteiger partial charge in [0.05, 0.1) is 5.69 Å². The summed E-state index contributed by atoms with van der Waals surface area (Å²) in [6.45, 7) is 8.57. The fourth-order valence-corrected chi connectivity index (χ4v) is 1.26. The monoisotopic (exact) mass is 177 g/mol. The van der Waals surface area contributed by atoms with Crippen molar-refractivity contribution in [2.24, 2.45) is 0 Å². The van der Waals surface area contributed by atoms with Crippen molar-refractivity contribution in [1.82, 2.24) is 4.57 Å². The molecule has 0 unspecified atom stereocenters. The van der Waals surface area contributed by atoms with Crippen molar-refractivity contribution in [3.05, 3.63) is 36.2 Å². The van der Waals surface area contributed by atoms with Crippen LogP contribution in [-0.2, 0) is 6.54 Å². The molecule has 0 saturated heterocycles. The molecule has 0 aliphatic rings. The first-order chi connectivity index (χ1) is 6.19. The third-order valence-electron chi connectivity index (χ3n) is 2.06. The normalized spacial score (nSPS) is 10.4. The van der Waals surface area contributed by atoms with Crippen LogP contribution < -0.4 is 0 Å². The van der Waals surface area contributed by atoms with Gasteiger partial charge in [0.25, 0.3) is 0 Å². The van der Waals surface area contributed by atoms with Gasteiger partial charge in [-0.25, -0.2) is 0 Å². The molecule has 2 heteroatoms. The number of carbonyl (C=O) groups excluding carboxylic acids is 1. The fourth-order valence-electron chi connectivity index (χ4n) is 1.26. The smallest absolute Gasteiger partial charge is 0.166 e. The predicted octanol–water partition coefficient (Wildman–Crippen LogP) is 2.61. The highest BCUT2D eigenvalue weighted by atomic mass is 16.1. The van der Waals surface area contributed by atoms with Crippen molar-refractivity contribution >= 4 is 6.29 Å². The van der Waals surface area contributed by atoms with Gasteiger partial charge in [-0.1, -0.05) is 19.9 Å². The Labute approximate surface area is 78.9 Å². The highest BCUT2D eigenvalue weighted by Crippen LogP contribution is 2.16. The van der Waals surface area contributed by atoms with Gasteiger partial charge in [0.1, 0.15) is 0 Å². The molecule has 0 spiro atoms. The average molecular weight is 177 g/mol. The van der Waals surface area contributed by atoms with Crippen LogP contribution in [-0.4, -0.2) is 10.9 Å². The first-order valence-electron chi connectivity index (χ1n) is 4.45. The molecule has 1 aromatic heterocycles. The van der Waals surface area contributed by atoms with Crippen molar-refractivity contribution in [2.75, 3.05) is 0 Å². The number of allylic oxidation sites excluding steroid dienone is 1. The molecule has 2 nitrogen and oxygen atoms in total. The fraction of sp³-hybridized carbons (Fsp3) is 0.364. The van der Waals surface area contributed by atoms with Gasteiger partial charge in [0.15, 0.2) is 6.29 Å². The number of aromatic nitrogens is 1. The van der Waals surface area contributed by atoms with E-state index in [2.05, 4.69) is 20.4 Å². The minimum atomic E-state index is 0.463. The summed E-state index contributed by atoms with van der Waals surface area (Å²) in [6.07, 6.45) is 4.68. The second kappa shape index (κ2) is 4.08. The molecule has 0 bridgehead atoms. The highest BCUT2D eigenvalue weighted by molar-refractivity contribution is 5.73. The Balaban J connectivity index is 3.03. The van der Waals surface area contributed by atoms with Crippen molar-refractivity contribution in [1.29, 1.82) is 0 Å². The van der Waals surface area contributed by atoms with E-state index in [0.29, 0.717) is 12.5 Å². The van der Waals surface area contributed by atoms with E-state index in [1.165, 1.54) is 5.56 Å². The topological polar surface area (TPSA) is 22.0 Å². The lowest BCUT2D eigenvalue weighted by Gasteiger charge is -2.00. The second-order valence-electron chi connectivity index (χ2n) is 3.41. The maximum atomic E-state index is 10.7. The zero-order valence-electron chi connectivity index (χ0n) is 8.16. The van der Waals surface area contributed by atoms with Crippen LogP contribution in [0, 0.1) is 0 Å².